The molecular formula is C16H16FN3. The Bertz CT molecular complexity index is 646. The Kier molecular flexibility index (Phi) is 4.21. The summed E-state index contributed by atoms with van der Waals surface area (Å²) in [5, 5.41) is 8.78. The maximum Gasteiger partial charge on any atom is 0.123 e. The van der Waals surface area contributed by atoms with Crippen molar-refractivity contribution in [2.45, 2.75) is 13.0 Å². The van der Waals surface area contributed by atoms with Crippen molar-refractivity contribution in [3.63, 3.8) is 0 Å². The van der Waals surface area contributed by atoms with E-state index in [2.05, 4.69) is 6.07 Å². The van der Waals surface area contributed by atoms with Gasteiger partial charge in [0, 0.05) is 25.0 Å². The molecule has 0 radical (unpaired) electrons. The number of rotatable bonds is 4. The number of nitrogens with two attached hydrogens (primary N) is 1. The summed E-state index contributed by atoms with van der Waals surface area (Å²) in [7, 11) is 1.92. The van der Waals surface area contributed by atoms with E-state index in [1.165, 1.54) is 12.1 Å². The van der Waals surface area contributed by atoms with E-state index in [-0.39, 0.29) is 12.2 Å². The number of anilines is 2. The molecule has 102 valence electrons. The SMILES string of the molecule is CN(Cc1cccc(F)c1)c1ccc(N)c(CC#N)c1. The van der Waals surface area contributed by atoms with Crippen LogP contribution in [0, 0.1) is 17.1 Å². The largest absolute Gasteiger partial charge is 0.398 e. The molecule has 0 spiro atoms. The van der Waals surface area contributed by atoms with Gasteiger partial charge in [-0.15, -0.1) is 0 Å². The molecule has 0 fully saturated rings. The lowest BCUT2D eigenvalue weighted by Gasteiger charge is -2.20. The van der Waals surface area contributed by atoms with Crippen LogP contribution in [0.3, 0.4) is 0 Å². The molecule has 0 heterocycles. The third-order valence-corrected chi connectivity index (χ3v) is 3.15. The van der Waals surface area contributed by atoms with Gasteiger partial charge in [-0.2, -0.15) is 5.26 Å². The van der Waals surface area contributed by atoms with Gasteiger partial charge in [-0.1, -0.05) is 12.1 Å². The molecule has 2 rings (SSSR count). The van der Waals surface area contributed by atoms with Crippen LogP contribution in [0.4, 0.5) is 15.8 Å². The number of nitriles is 1. The van der Waals surface area contributed by atoms with Crippen molar-refractivity contribution in [1.82, 2.24) is 0 Å². The molecule has 20 heavy (non-hydrogen) atoms. The van der Waals surface area contributed by atoms with E-state index in [0.717, 1.165) is 16.8 Å². The van der Waals surface area contributed by atoms with Crippen LogP contribution >= 0.6 is 0 Å². The fourth-order valence-corrected chi connectivity index (χ4v) is 2.07. The first-order chi connectivity index (χ1) is 9.60. The summed E-state index contributed by atoms with van der Waals surface area (Å²) in [4.78, 5) is 2.00. The van der Waals surface area contributed by atoms with Gasteiger partial charge in [-0.25, -0.2) is 4.39 Å². The van der Waals surface area contributed by atoms with Crippen molar-refractivity contribution in [3.05, 3.63) is 59.4 Å². The number of nitrogens with zero attached hydrogens (tertiary/aromatic N) is 2. The van der Waals surface area contributed by atoms with E-state index >= 15 is 0 Å². The molecule has 2 N–H and O–H groups in total. The first kappa shape index (κ1) is 13.9. The van der Waals surface area contributed by atoms with Crippen molar-refractivity contribution >= 4 is 11.4 Å². The normalized spacial score (nSPS) is 10.1. The quantitative estimate of drug-likeness (QED) is 0.868. The third kappa shape index (κ3) is 3.27. The number of hydrogen-bond donors (Lipinski definition) is 1. The van der Waals surface area contributed by atoms with Crippen LogP contribution < -0.4 is 10.6 Å². The van der Waals surface area contributed by atoms with Gasteiger partial charge in [-0.3, -0.25) is 0 Å². The lowest BCUT2D eigenvalue weighted by atomic mass is 10.1. The zero-order valence-corrected chi connectivity index (χ0v) is 11.3. The molecule has 0 bridgehead atoms. The van der Waals surface area contributed by atoms with Gasteiger partial charge in [-0.05, 0) is 41.5 Å². The van der Waals surface area contributed by atoms with Crippen molar-refractivity contribution in [1.29, 1.82) is 5.26 Å². The average molecular weight is 269 g/mol. The van der Waals surface area contributed by atoms with Gasteiger partial charge >= 0.3 is 0 Å². The van der Waals surface area contributed by atoms with E-state index < -0.39 is 0 Å². The standard InChI is InChI=1S/C16H16FN3/c1-20(11-12-3-2-4-14(17)9-12)15-5-6-16(19)13(10-15)7-8-18/h2-6,9-10H,7,11,19H2,1H3. The number of halogens is 1. The Labute approximate surface area is 118 Å². The lowest BCUT2D eigenvalue weighted by molar-refractivity contribution is 0.625. The first-order valence-electron chi connectivity index (χ1n) is 6.31. The molecule has 0 saturated heterocycles. The van der Waals surface area contributed by atoms with Crippen LogP contribution in [0.5, 0.6) is 0 Å². The van der Waals surface area contributed by atoms with Gasteiger partial charge in [0.1, 0.15) is 5.82 Å². The van der Waals surface area contributed by atoms with E-state index in [1.807, 2.05) is 30.1 Å². The predicted octanol–water partition coefficient (Wildman–Crippen LogP) is 3.11. The molecule has 0 amide bonds. The van der Waals surface area contributed by atoms with Gasteiger partial charge in [0.05, 0.1) is 12.5 Å². The first-order valence-corrected chi connectivity index (χ1v) is 6.31. The molecule has 0 atom stereocenters. The number of hydrogen-bond acceptors (Lipinski definition) is 3. The van der Waals surface area contributed by atoms with Crippen LogP contribution in [-0.4, -0.2) is 7.05 Å². The minimum atomic E-state index is -0.238. The Morgan fingerprint density at radius 1 is 1.25 bits per heavy atom. The second-order valence-electron chi connectivity index (χ2n) is 4.70. The van der Waals surface area contributed by atoms with Crippen LogP contribution in [0.15, 0.2) is 42.5 Å². The minimum Gasteiger partial charge on any atom is -0.398 e. The van der Waals surface area contributed by atoms with Gasteiger partial charge in [0.2, 0.25) is 0 Å². The molecule has 0 aromatic heterocycles. The van der Waals surface area contributed by atoms with Crippen LogP contribution in [0.1, 0.15) is 11.1 Å². The molecular weight excluding hydrogens is 253 g/mol. The molecule has 0 saturated carbocycles. The highest BCUT2D eigenvalue weighted by molar-refractivity contribution is 5.59. The number of nitrogen functional groups attached to an aromatic ring is 1. The van der Waals surface area contributed by atoms with Gasteiger partial charge < -0.3 is 10.6 Å². The molecule has 0 aliphatic rings. The molecule has 0 aliphatic heterocycles. The van der Waals surface area contributed by atoms with Crippen LogP contribution in [0.25, 0.3) is 0 Å². The van der Waals surface area contributed by atoms with E-state index in [1.54, 1.807) is 12.1 Å². The van der Waals surface area contributed by atoms with Crippen molar-refractivity contribution in [2.24, 2.45) is 0 Å². The maximum atomic E-state index is 13.2. The number of benzene rings is 2. The molecule has 2 aromatic carbocycles. The Balaban J connectivity index is 2.19. The monoisotopic (exact) mass is 269 g/mol. The predicted molar refractivity (Wildman–Crippen MR) is 78.7 cm³/mol. The Morgan fingerprint density at radius 2 is 2.05 bits per heavy atom. The van der Waals surface area contributed by atoms with Crippen LogP contribution in [-0.2, 0) is 13.0 Å². The molecule has 4 heteroatoms. The summed E-state index contributed by atoms with van der Waals surface area (Å²) in [6, 6.07) is 14.2. The van der Waals surface area contributed by atoms with Crippen molar-refractivity contribution < 1.29 is 4.39 Å². The summed E-state index contributed by atoms with van der Waals surface area (Å²) >= 11 is 0. The van der Waals surface area contributed by atoms with E-state index in [4.69, 9.17) is 11.0 Å². The molecule has 3 nitrogen and oxygen atoms in total. The molecule has 0 aliphatic carbocycles. The summed E-state index contributed by atoms with van der Waals surface area (Å²) in [5.74, 6) is -0.238. The third-order valence-electron chi connectivity index (χ3n) is 3.15. The Hall–Kier alpha value is -2.54. The van der Waals surface area contributed by atoms with Gasteiger partial charge in [0.15, 0.2) is 0 Å². The fourth-order valence-electron chi connectivity index (χ4n) is 2.07. The minimum absolute atomic E-state index is 0.238. The summed E-state index contributed by atoms with van der Waals surface area (Å²) < 4.78 is 13.2. The summed E-state index contributed by atoms with van der Waals surface area (Å²) in [5.41, 5.74) is 9.11. The lowest BCUT2D eigenvalue weighted by Crippen LogP contribution is -2.16. The zero-order chi connectivity index (χ0) is 14.5. The average Bonchev–Trinajstić information content (AvgIpc) is 2.41. The summed E-state index contributed by atoms with van der Waals surface area (Å²) in [6.07, 6.45) is 0.285. The van der Waals surface area contributed by atoms with Crippen molar-refractivity contribution in [2.75, 3.05) is 17.7 Å². The van der Waals surface area contributed by atoms with E-state index in [9.17, 15) is 4.39 Å². The highest BCUT2D eigenvalue weighted by atomic mass is 19.1. The maximum absolute atomic E-state index is 13.2. The summed E-state index contributed by atoms with van der Waals surface area (Å²) in [6.45, 7) is 0.591. The Morgan fingerprint density at radius 3 is 2.75 bits per heavy atom. The fraction of sp³-hybridized carbons (Fsp3) is 0.188. The second-order valence-corrected chi connectivity index (χ2v) is 4.70. The van der Waals surface area contributed by atoms with Crippen LogP contribution in [0.2, 0.25) is 0 Å². The van der Waals surface area contributed by atoms with E-state index in [0.29, 0.717) is 12.2 Å². The topological polar surface area (TPSA) is 53.0 Å². The highest BCUT2D eigenvalue weighted by Crippen LogP contribution is 2.22. The molecule has 2 aromatic rings. The second kappa shape index (κ2) is 6.07. The molecule has 0 unspecified atom stereocenters. The van der Waals surface area contributed by atoms with Crippen molar-refractivity contribution in [3.8, 4) is 6.07 Å². The van der Waals surface area contributed by atoms with Gasteiger partial charge in [0.25, 0.3) is 0 Å². The highest BCUT2D eigenvalue weighted by Gasteiger charge is 2.06. The zero-order valence-electron chi connectivity index (χ0n) is 11.3. The smallest absolute Gasteiger partial charge is 0.123 e.